The molecular weight excluding hydrogens is 681 g/mol. The lowest BCUT2D eigenvalue weighted by molar-refractivity contribution is -0.120. The smallest absolute Gasteiger partial charge is 0.407 e. The molecule has 1 aliphatic rings. The van der Waals surface area contributed by atoms with Crippen LogP contribution in [-0.2, 0) is 32.4 Å². The van der Waals surface area contributed by atoms with Gasteiger partial charge in [-0.05, 0) is 77.6 Å². The van der Waals surface area contributed by atoms with Gasteiger partial charge in [0.2, 0.25) is 10.0 Å². The number of hydrogen-bond acceptors (Lipinski definition) is 6. The predicted octanol–water partition coefficient (Wildman–Crippen LogP) is 5.65. The molecule has 0 saturated carbocycles. The summed E-state index contributed by atoms with van der Waals surface area (Å²) in [5.41, 5.74) is -0.120. The van der Waals surface area contributed by atoms with Crippen molar-refractivity contribution < 1.29 is 44.7 Å². The Morgan fingerprint density at radius 3 is 2.06 bits per heavy atom. The van der Waals surface area contributed by atoms with Crippen molar-refractivity contribution in [2.45, 2.75) is 42.2 Å². The molecule has 5 rings (SSSR count). The summed E-state index contributed by atoms with van der Waals surface area (Å²) in [7, 11) is -2.85. The molecule has 1 amide bonds. The summed E-state index contributed by atoms with van der Waals surface area (Å²) in [6.07, 6.45) is -1.45. The second-order valence-corrected chi connectivity index (χ2v) is 13.7. The van der Waals surface area contributed by atoms with Crippen molar-refractivity contribution in [2.24, 2.45) is 0 Å². The van der Waals surface area contributed by atoms with Crippen molar-refractivity contribution in [3.8, 4) is 0 Å². The largest absolute Gasteiger partial charge is 0.453 e. The quantitative estimate of drug-likeness (QED) is 0.184. The third kappa shape index (κ3) is 8.55. The zero-order valence-electron chi connectivity index (χ0n) is 26.8. The van der Waals surface area contributed by atoms with E-state index in [2.05, 4.69) is 10.6 Å². The van der Waals surface area contributed by atoms with Crippen LogP contribution in [0.2, 0.25) is 0 Å². The first kappa shape index (κ1) is 36.6. The van der Waals surface area contributed by atoms with E-state index in [1.807, 2.05) is 0 Å². The van der Waals surface area contributed by atoms with Crippen LogP contribution < -0.4 is 10.6 Å². The highest BCUT2D eigenvalue weighted by Gasteiger charge is 2.36. The molecule has 264 valence electrons. The fraction of sp³-hybridized carbons (Fsp3) is 0.278. The maximum Gasteiger partial charge on any atom is 0.407 e. The lowest BCUT2D eigenvalue weighted by atomic mass is 9.81. The summed E-state index contributed by atoms with van der Waals surface area (Å²) in [6, 6.07) is 14.4. The molecule has 1 aliphatic heterocycles. The SMILES string of the molecule is COC(=O)N[C@H](C(=O)Cc1cccc(F)c1CC[C@H]1CNCCN1S(=O)(=O)c1ccccc1)C(c1cc(F)cc(F)c1)c1cc(F)cc(F)c1. The molecule has 0 unspecified atom stereocenters. The van der Waals surface area contributed by atoms with E-state index in [0.717, 1.165) is 31.4 Å². The first-order chi connectivity index (χ1) is 23.9. The highest BCUT2D eigenvalue weighted by molar-refractivity contribution is 7.89. The van der Waals surface area contributed by atoms with Gasteiger partial charge >= 0.3 is 6.09 Å². The topological polar surface area (TPSA) is 105 Å². The number of nitrogens with one attached hydrogen (secondary N) is 2. The van der Waals surface area contributed by atoms with Crippen LogP contribution >= 0.6 is 0 Å². The minimum atomic E-state index is -3.87. The predicted molar refractivity (Wildman–Crippen MR) is 174 cm³/mol. The van der Waals surface area contributed by atoms with Crippen LogP contribution in [0.3, 0.4) is 0 Å². The Morgan fingerprint density at radius 1 is 0.880 bits per heavy atom. The van der Waals surface area contributed by atoms with E-state index in [9.17, 15) is 35.6 Å². The zero-order chi connectivity index (χ0) is 36.0. The summed E-state index contributed by atoms with van der Waals surface area (Å²) in [5.74, 6) is -7.14. The molecule has 0 bridgehead atoms. The molecule has 0 spiro atoms. The Morgan fingerprint density at radius 2 is 1.48 bits per heavy atom. The number of piperazine rings is 1. The van der Waals surface area contributed by atoms with Gasteiger partial charge in [-0.1, -0.05) is 30.3 Å². The van der Waals surface area contributed by atoms with Gasteiger partial charge in [0.1, 0.15) is 35.1 Å². The van der Waals surface area contributed by atoms with E-state index in [1.54, 1.807) is 18.2 Å². The number of benzene rings is 4. The molecule has 2 atom stereocenters. The van der Waals surface area contributed by atoms with Gasteiger partial charge < -0.3 is 15.4 Å². The fourth-order valence-electron chi connectivity index (χ4n) is 6.31. The Bertz CT molecular complexity index is 1870. The van der Waals surface area contributed by atoms with Crippen LogP contribution in [0.4, 0.5) is 26.7 Å². The van der Waals surface area contributed by atoms with Crippen molar-refractivity contribution in [2.75, 3.05) is 26.7 Å². The highest BCUT2D eigenvalue weighted by atomic mass is 32.2. The molecule has 50 heavy (non-hydrogen) atoms. The van der Waals surface area contributed by atoms with E-state index in [1.165, 1.54) is 34.6 Å². The zero-order valence-corrected chi connectivity index (χ0v) is 27.7. The second-order valence-electron chi connectivity index (χ2n) is 11.8. The number of nitrogens with zero attached hydrogens (tertiary/aromatic N) is 1. The van der Waals surface area contributed by atoms with E-state index < -0.39 is 75.4 Å². The van der Waals surface area contributed by atoms with Crippen molar-refractivity contribution in [3.05, 3.63) is 136 Å². The molecule has 4 aromatic rings. The number of alkyl carbamates (subject to hydrolysis) is 1. The summed E-state index contributed by atoms with van der Waals surface area (Å²) in [6.45, 7) is 0.909. The van der Waals surface area contributed by atoms with Gasteiger partial charge in [-0.3, -0.25) is 4.79 Å². The average Bonchev–Trinajstić information content (AvgIpc) is 3.07. The number of sulfonamides is 1. The number of amides is 1. The minimum absolute atomic E-state index is 0.0190. The molecule has 0 radical (unpaired) electrons. The fourth-order valence-corrected chi connectivity index (χ4v) is 7.99. The van der Waals surface area contributed by atoms with Gasteiger partial charge in [-0.15, -0.1) is 0 Å². The molecule has 1 fully saturated rings. The Kier molecular flexibility index (Phi) is 11.7. The van der Waals surface area contributed by atoms with Crippen LogP contribution in [0, 0.1) is 29.1 Å². The van der Waals surface area contributed by atoms with Gasteiger partial charge in [0.05, 0.1) is 12.0 Å². The number of ether oxygens (including phenoxy) is 1. The first-order valence-electron chi connectivity index (χ1n) is 15.7. The van der Waals surface area contributed by atoms with Crippen LogP contribution in [0.5, 0.6) is 0 Å². The number of Topliss-reactive ketones (excluding diaryl/α,β-unsaturated/α-hetero) is 1. The third-order valence-electron chi connectivity index (χ3n) is 8.58. The number of methoxy groups -OCH3 is 1. The third-order valence-corrected chi connectivity index (χ3v) is 10.5. The van der Waals surface area contributed by atoms with Crippen LogP contribution in [0.15, 0.2) is 89.8 Å². The molecule has 2 N–H and O–H groups in total. The molecule has 8 nitrogen and oxygen atoms in total. The van der Waals surface area contributed by atoms with Crippen molar-refractivity contribution in [3.63, 3.8) is 0 Å². The standard InChI is InChI=1S/C36H34F5N3O5S/c1-49-36(46)43-35(34(23-14-25(37)19-26(38)15-23)24-16-27(39)20-28(40)17-24)33(45)18-22-6-5-9-32(41)31(22)11-10-29-21-42-12-13-44(29)50(47,48)30-7-3-2-4-8-30/h2-9,14-17,19-20,29,34-35,42H,10-13,18,21H2,1H3,(H,43,46)/t29-,35+/m0/s1. The second kappa shape index (κ2) is 15.9. The normalized spacial score (nSPS) is 15.9. The Labute approximate surface area is 286 Å². The van der Waals surface area contributed by atoms with E-state index in [0.29, 0.717) is 25.2 Å². The summed E-state index contributed by atoms with van der Waals surface area (Å²) in [5, 5.41) is 5.51. The number of rotatable bonds is 12. The molecule has 0 aliphatic carbocycles. The van der Waals surface area contributed by atoms with Gasteiger partial charge in [-0.25, -0.2) is 35.2 Å². The molecule has 1 saturated heterocycles. The first-order valence-corrected chi connectivity index (χ1v) is 17.1. The number of ketones is 1. The molecule has 0 aromatic heterocycles. The highest BCUT2D eigenvalue weighted by Crippen LogP contribution is 2.33. The van der Waals surface area contributed by atoms with Crippen molar-refractivity contribution in [1.82, 2.24) is 14.9 Å². The van der Waals surface area contributed by atoms with E-state index in [4.69, 9.17) is 4.74 Å². The molecule has 4 aromatic carbocycles. The number of carbonyl (C=O) groups excluding carboxylic acids is 2. The lowest BCUT2D eigenvalue weighted by Crippen LogP contribution is -2.53. The lowest BCUT2D eigenvalue weighted by Gasteiger charge is -2.35. The molecular formula is C36H34F5N3O5S. The summed E-state index contributed by atoms with van der Waals surface area (Å²) in [4.78, 5) is 26.8. The average molecular weight is 716 g/mol. The van der Waals surface area contributed by atoms with Gasteiger partial charge in [0, 0.05) is 50.1 Å². The minimum Gasteiger partial charge on any atom is -0.453 e. The molecule has 14 heteroatoms. The van der Waals surface area contributed by atoms with Crippen LogP contribution in [-0.4, -0.2) is 63.4 Å². The number of carbonyl (C=O) groups is 2. The molecule has 1 heterocycles. The Balaban J connectivity index is 1.48. The Hall–Kier alpha value is -4.66. The van der Waals surface area contributed by atoms with Crippen LogP contribution in [0.25, 0.3) is 0 Å². The summed E-state index contributed by atoms with van der Waals surface area (Å²) < 4.78 is 106. The summed E-state index contributed by atoms with van der Waals surface area (Å²) >= 11 is 0. The maximum absolute atomic E-state index is 15.5. The van der Waals surface area contributed by atoms with Gasteiger partial charge in [0.25, 0.3) is 0 Å². The monoisotopic (exact) mass is 715 g/mol. The van der Waals surface area contributed by atoms with Gasteiger partial charge in [0.15, 0.2) is 5.78 Å². The van der Waals surface area contributed by atoms with Crippen molar-refractivity contribution in [1.29, 1.82) is 0 Å². The maximum atomic E-state index is 15.5. The number of hydrogen-bond donors (Lipinski definition) is 2. The van der Waals surface area contributed by atoms with Gasteiger partial charge in [-0.2, -0.15) is 4.31 Å². The van der Waals surface area contributed by atoms with E-state index >= 15 is 4.39 Å². The number of halogens is 5. The van der Waals surface area contributed by atoms with Crippen molar-refractivity contribution >= 4 is 21.9 Å². The van der Waals surface area contributed by atoms with E-state index in [-0.39, 0.29) is 46.5 Å². The van der Waals surface area contributed by atoms with Crippen LogP contribution in [0.1, 0.15) is 34.6 Å².